The highest BCUT2D eigenvalue weighted by Gasteiger charge is 2.39. The van der Waals surface area contributed by atoms with Crippen molar-refractivity contribution in [2.75, 3.05) is 13.2 Å². The summed E-state index contributed by atoms with van der Waals surface area (Å²) in [5.74, 6) is 0.0395. The summed E-state index contributed by atoms with van der Waals surface area (Å²) in [6.45, 7) is 3.13. The molecule has 1 heterocycles. The summed E-state index contributed by atoms with van der Waals surface area (Å²) in [6.07, 6.45) is 3.31. The fourth-order valence-corrected chi connectivity index (χ4v) is 4.89. The Morgan fingerprint density at radius 3 is 2.57 bits per heavy atom. The molecule has 4 nitrogen and oxygen atoms in total. The van der Waals surface area contributed by atoms with Gasteiger partial charge < -0.3 is 4.74 Å². The number of benzene rings is 1. The third-order valence-corrected chi connectivity index (χ3v) is 6.41. The van der Waals surface area contributed by atoms with Gasteiger partial charge in [-0.05, 0) is 38.2 Å². The van der Waals surface area contributed by atoms with E-state index in [1.165, 1.54) is 11.1 Å². The van der Waals surface area contributed by atoms with Crippen LogP contribution in [0.15, 0.2) is 24.3 Å². The Hall–Kier alpha value is -0.910. The molecule has 0 spiro atoms. The highest BCUT2D eigenvalue weighted by Crippen LogP contribution is 2.28. The van der Waals surface area contributed by atoms with Crippen LogP contribution in [0.1, 0.15) is 30.4 Å². The van der Waals surface area contributed by atoms with E-state index in [2.05, 4.69) is 35.9 Å². The number of hydrogen-bond acceptors (Lipinski definition) is 3. The molecule has 0 unspecified atom stereocenters. The summed E-state index contributed by atoms with van der Waals surface area (Å²) < 4.78 is 33.4. The van der Waals surface area contributed by atoms with Crippen molar-refractivity contribution in [1.82, 2.24) is 4.72 Å². The van der Waals surface area contributed by atoms with E-state index >= 15 is 0 Å². The van der Waals surface area contributed by atoms with Crippen LogP contribution < -0.4 is 4.72 Å². The minimum Gasteiger partial charge on any atom is -0.381 e. The molecule has 0 bridgehead atoms. The first kappa shape index (κ1) is 15.0. The summed E-state index contributed by atoms with van der Waals surface area (Å²) in [5.41, 5.74) is 2.40. The zero-order valence-corrected chi connectivity index (χ0v) is 13.2. The third-order valence-electron chi connectivity index (χ3n) is 4.33. The molecule has 0 amide bonds. The van der Waals surface area contributed by atoms with Gasteiger partial charge in [-0.1, -0.05) is 29.8 Å². The Kier molecular flexibility index (Phi) is 4.33. The Morgan fingerprint density at radius 2 is 1.90 bits per heavy atom. The number of rotatable bonds is 5. The third kappa shape index (κ3) is 3.84. The lowest BCUT2D eigenvalue weighted by Gasteiger charge is -2.31. The van der Waals surface area contributed by atoms with Gasteiger partial charge in [0.25, 0.3) is 0 Å². The van der Waals surface area contributed by atoms with Gasteiger partial charge in [0.15, 0.2) is 0 Å². The van der Waals surface area contributed by atoms with Crippen LogP contribution in [0.25, 0.3) is 0 Å². The van der Waals surface area contributed by atoms with E-state index in [1.54, 1.807) is 0 Å². The van der Waals surface area contributed by atoms with Crippen LogP contribution in [-0.4, -0.2) is 32.9 Å². The molecule has 1 N–H and O–H groups in total. The monoisotopic (exact) mass is 309 g/mol. The summed E-state index contributed by atoms with van der Waals surface area (Å²) >= 11 is 0. The first-order chi connectivity index (χ1) is 10.0. The zero-order valence-electron chi connectivity index (χ0n) is 12.4. The fourth-order valence-electron chi connectivity index (χ4n) is 2.92. The van der Waals surface area contributed by atoms with E-state index in [9.17, 15) is 8.42 Å². The van der Waals surface area contributed by atoms with E-state index in [0.29, 0.717) is 19.6 Å². The molecule has 1 aromatic carbocycles. The van der Waals surface area contributed by atoms with Crippen LogP contribution in [0.2, 0.25) is 0 Å². The predicted octanol–water partition coefficient (Wildman–Crippen LogP) is 2.02. The van der Waals surface area contributed by atoms with E-state index < -0.39 is 10.0 Å². The van der Waals surface area contributed by atoms with Crippen molar-refractivity contribution < 1.29 is 13.2 Å². The van der Waals surface area contributed by atoms with E-state index in [4.69, 9.17) is 4.74 Å². The van der Waals surface area contributed by atoms with Gasteiger partial charge in [-0.15, -0.1) is 0 Å². The molecule has 116 valence electrons. The van der Waals surface area contributed by atoms with Crippen LogP contribution in [-0.2, 0) is 21.2 Å². The SMILES string of the molecule is Cc1ccc(C[C@@H]2COCC[C@@H]2S(=O)(=O)NC2CC2)cc1. The molecule has 1 aromatic rings. The Balaban J connectivity index is 1.72. The predicted molar refractivity (Wildman–Crippen MR) is 82.7 cm³/mol. The number of hydrogen-bond donors (Lipinski definition) is 1. The first-order valence-corrected chi connectivity index (χ1v) is 9.24. The average Bonchev–Trinajstić information content (AvgIpc) is 3.25. The van der Waals surface area contributed by atoms with Crippen LogP contribution >= 0.6 is 0 Å². The lowest BCUT2D eigenvalue weighted by molar-refractivity contribution is 0.0570. The summed E-state index contributed by atoms with van der Waals surface area (Å²) in [4.78, 5) is 0. The van der Waals surface area contributed by atoms with Crippen molar-refractivity contribution in [3.05, 3.63) is 35.4 Å². The molecule has 2 aliphatic rings. The number of ether oxygens (including phenoxy) is 1. The lowest BCUT2D eigenvalue weighted by Crippen LogP contribution is -2.45. The molecule has 2 atom stereocenters. The van der Waals surface area contributed by atoms with Gasteiger partial charge in [0.05, 0.1) is 11.9 Å². The Bertz CT molecular complexity index is 578. The standard InChI is InChI=1S/C16H23NO3S/c1-12-2-4-13(5-3-12)10-14-11-20-9-8-16(14)21(18,19)17-15-6-7-15/h2-5,14-17H,6-11H2,1H3/t14-,16+/m1/s1. The van der Waals surface area contributed by atoms with Gasteiger partial charge >= 0.3 is 0 Å². The zero-order chi connectivity index (χ0) is 14.9. The maximum atomic E-state index is 12.5. The van der Waals surface area contributed by atoms with Gasteiger partial charge in [-0.25, -0.2) is 13.1 Å². The smallest absolute Gasteiger partial charge is 0.215 e. The second-order valence-electron chi connectivity index (χ2n) is 6.29. The van der Waals surface area contributed by atoms with Crippen molar-refractivity contribution in [1.29, 1.82) is 0 Å². The van der Waals surface area contributed by atoms with Crippen LogP contribution in [0, 0.1) is 12.8 Å². The van der Waals surface area contributed by atoms with E-state index in [0.717, 1.165) is 19.3 Å². The lowest BCUT2D eigenvalue weighted by atomic mass is 9.93. The molecular weight excluding hydrogens is 286 g/mol. The average molecular weight is 309 g/mol. The maximum absolute atomic E-state index is 12.5. The first-order valence-electron chi connectivity index (χ1n) is 7.69. The topological polar surface area (TPSA) is 55.4 Å². The summed E-state index contributed by atoms with van der Waals surface area (Å²) in [6, 6.07) is 8.50. The largest absolute Gasteiger partial charge is 0.381 e. The van der Waals surface area contributed by atoms with Crippen molar-refractivity contribution in [3.63, 3.8) is 0 Å². The molecule has 1 saturated carbocycles. The van der Waals surface area contributed by atoms with Gasteiger partial charge in [-0.3, -0.25) is 0 Å². The highest BCUT2D eigenvalue weighted by molar-refractivity contribution is 7.90. The van der Waals surface area contributed by atoms with E-state index in [1.807, 2.05) is 0 Å². The second kappa shape index (κ2) is 6.07. The van der Waals surface area contributed by atoms with Gasteiger partial charge in [-0.2, -0.15) is 0 Å². The molecule has 2 fully saturated rings. The van der Waals surface area contributed by atoms with Crippen LogP contribution in [0.4, 0.5) is 0 Å². The Labute approximate surface area is 126 Å². The summed E-state index contributed by atoms with van der Waals surface area (Å²) in [7, 11) is -3.23. The number of sulfonamides is 1. The maximum Gasteiger partial charge on any atom is 0.215 e. The van der Waals surface area contributed by atoms with Crippen molar-refractivity contribution in [2.24, 2.45) is 5.92 Å². The number of nitrogens with one attached hydrogen (secondary N) is 1. The summed E-state index contributed by atoms with van der Waals surface area (Å²) in [5, 5.41) is -0.326. The molecular formula is C16H23NO3S. The van der Waals surface area contributed by atoms with Crippen LogP contribution in [0.5, 0.6) is 0 Å². The molecule has 1 saturated heterocycles. The highest BCUT2D eigenvalue weighted by atomic mass is 32.2. The molecule has 0 radical (unpaired) electrons. The normalized spacial score (nSPS) is 26.7. The van der Waals surface area contributed by atoms with Crippen LogP contribution in [0.3, 0.4) is 0 Å². The fraction of sp³-hybridized carbons (Fsp3) is 0.625. The van der Waals surface area contributed by atoms with Crippen molar-refractivity contribution in [3.8, 4) is 0 Å². The molecule has 0 aromatic heterocycles. The molecule has 3 rings (SSSR count). The van der Waals surface area contributed by atoms with Crippen molar-refractivity contribution >= 4 is 10.0 Å². The number of aryl methyl sites for hydroxylation is 1. The molecule has 5 heteroatoms. The minimum atomic E-state index is -3.23. The van der Waals surface area contributed by atoms with E-state index in [-0.39, 0.29) is 17.2 Å². The van der Waals surface area contributed by atoms with Gasteiger partial charge in [0, 0.05) is 18.6 Å². The minimum absolute atomic E-state index is 0.0395. The second-order valence-corrected chi connectivity index (χ2v) is 8.22. The molecule has 1 aliphatic heterocycles. The molecule has 21 heavy (non-hydrogen) atoms. The quantitative estimate of drug-likeness (QED) is 0.905. The Morgan fingerprint density at radius 1 is 1.19 bits per heavy atom. The van der Waals surface area contributed by atoms with Gasteiger partial charge in [0.2, 0.25) is 10.0 Å². The van der Waals surface area contributed by atoms with Crippen molar-refractivity contribution in [2.45, 2.75) is 43.9 Å². The van der Waals surface area contributed by atoms with Gasteiger partial charge in [0.1, 0.15) is 0 Å². The molecule has 1 aliphatic carbocycles.